The van der Waals surface area contributed by atoms with Gasteiger partial charge < -0.3 is 16.4 Å². The number of primary amides is 2. The number of imide groups is 1. The zero-order chi connectivity index (χ0) is 21.6. The van der Waals surface area contributed by atoms with Crippen molar-refractivity contribution in [2.75, 3.05) is 0 Å². The lowest BCUT2D eigenvalue weighted by atomic mass is 9.64. The highest BCUT2D eigenvalue weighted by atomic mass is 16.2. The van der Waals surface area contributed by atoms with Crippen LogP contribution in [0.25, 0.3) is 0 Å². The molecule has 5 amide bonds. The zero-order valence-electron chi connectivity index (χ0n) is 16.5. The molecular formula is C21H24N4O5. The SMILES string of the molecule is NC(=O)C1CCC(C(N)=O)(c2cccc3c2CN(C2CCC(=O)NC2=O)C3=O)CC1. The van der Waals surface area contributed by atoms with Crippen LogP contribution in [0.1, 0.15) is 60.0 Å². The van der Waals surface area contributed by atoms with E-state index in [0.29, 0.717) is 42.4 Å². The number of piperidine rings is 1. The van der Waals surface area contributed by atoms with Crippen molar-refractivity contribution in [3.8, 4) is 0 Å². The first-order valence-corrected chi connectivity index (χ1v) is 10.1. The number of hydrogen-bond acceptors (Lipinski definition) is 5. The molecule has 2 heterocycles. The van der Waals surface area contributed by atoms with E-state index in [1.54, 1.807) is 18.2 Å². The molecule has 9 nitrogen and oxygen atoms in total. The van der Waals surface area contributed by atoms with Gasteiger partial charge in [0, 0.05) is 24.4 Å². The Balaban J connectivity index is 1.68. The number of carbonyl (C=O) groups excluding carboxylic acids is 5. The van der Waals surface area contributed by atoms with Crippen LogP contribution in [0.4, 0.5) is 0 Å². The maximum atomic E-state index is 13.1. The smallest absolute Gasteiger partial charge is 0.255 e. The number of fused-ring (bicyclic) bond motifs is 1. The second-order valence-corrected chi connectivity index (χ2v) is 8.35. The van der Waals surface area contributed by atoms with Gasteiger partial charge >= 0.3 is 0 Å². The Morgan fingerprint density at radius 2 is 1.77 bits per heavy atom. The molecule has 1 atom stereocenters. The maximum Gasteiger partial charge on any atom is 0.255 e. The highest BCUT2D eigenvalue weighted by Crippen LogP contribution is 2.45. The highest BCUT2D eigenvalue weighted by molar-refractivity contribution is 6.06. The molecule has 0 spiro atoms. The van der Waals surface area contributed by atoms with E-state index in [9.17, 15) is 24.0 Å². The molecule has 1 aromatic rings. The molecule has 3 aliphatic rings. The van der Waals surface area contributed by atoms with E-state index in [1.165, 1.54) is 4.90 Å². The number of nitrogens with zero attached hydrogens (tertiary/aromatic N) is 1. The average Bonchev–Trinajstić information content (AvgIpc) is 3.04. The minimum absolute atomic E-state index is 0.170. The number of nitrogens with two attached hydrogens (primary N) is 2. The van der Waals surface area contributed by atoms with Crippen LogP contribution in [0.5, 0.6) is 0 Å². The van der Waals surface area contributed by atoms with Crippen LogP contribution >= 0.6 is 0 Å². The van der Waals surface area contributed by atoms with Crippen molar-refractivity contribution in [3.05, 3.63) is 34.9 Å². The van der Waals surface area contributed by atoms with Crippen LogP contribution < -0.4 is 16.8 Å². The van der Waals surface area contributed by atoms with Crippen LogP contribution in [0.15, 0.2) is 18.2 Å². The van der Waals surface area contributed by atoms with E-state index < -0.39 is 23.3 Å². The Morgan fingerprint density at radius 1 is 1.07 bits per heavy atom. The van der Waals surface area contributed by atoms with Gasteiger partial charge in [-0.25, -0.2) is 0 Å². The summed E-state index contributed by atoms with van der Waals surface area (Å²) in [5.74, 6) is -2.31. The first kappa shape index (κ1) is 20.1. The van der Waals surface area contributed by atoms with Gasteiger partial charge in [-0.05, 0) is 49.3 Å². The molecule has 0 radical (unpaired) electrons. The second kappa shape index (κ2) is 7.23. The third-order valence-electron chi connectivity index (χ3n) is 6.81. The fourth-order valence-electron chi connectivity index (χ4n) is 5.08. The Bertz CT molecular complexity index is 964. The summed E-state index contributed by atoms with van der Waals surface area (Å²) in [4.78, 5) is 62.5. The molecule has 30 heavy (non-hydrogen) atoms. The number of amides is 5. The van der Waals surface area contributed by atoms with E-state index >= 15 is 0 Å². The molecule has 9 heteroatoms. The molecular weight excluding hydrogens is 388 g/mol. The summed E-state index contributed by atoms with van der Waals surface area (Å²) in [6, 6.07) is 4.46. The Hall–Kier alpha value is -3.23. The van der Waals surface area contributed by atoms with Gasteiger partial charge in [-0.1, -0.05) is 12.1 Å². The summed E-state index contributed by atoms with van der Waals surface area (Å²) < 4.78 is 0. The quantitative estimate of drug-likeness (QED) is 0.587. The van der Waals surface area contributed by atoms with Gasteiger partial charge in [0.1, 0.15) is 6.04 Å². The normalized spacial score (nSPS) is 28.8. The van der Waals surface area contributed by atoms with Crippen LogP contribution in [0, 0.1) is 5.92 Å². The molecule has 1 aromatic carbocycles. The van der Waals surface area contributed by atoms with E-state index in [0.717, 1.165) is 0 Å². The van der Waals surface area contributed by atoms with Gasteiger partial charge in [-0.15, -0.1) is 0 Å². The summed E-state index contributed by atoms with van der Waals surface area (Å²) in [7, 11) is 0. The number of benzene rings is 1. The van der Waals surface area contributed by atoms with Gasteiger partial charge in [-0.3, -0.25) is 29.3 Å². The topological polar surface area (TPSA) is 153 Å². The molecule has 1 unspecified atom stereocenters. The van der Waals surface area contributed by atoms with Crippen molar-refractivity contribution in [1.82, 2.24) is 10.2 Å². The van der Waals surface area contributed by atoms with E-state index in [1.807, 2.05) is 0 Å². The first-order valence-electron chi connectivity index (χ1n) is 10.1. The Kier molecular flexibility index (Phi) is 4.83. The fourth-order valence-corrected chi connectivity index (χ4v) is 5.08. The zero-order valence-corrected chi connectivity index (χ0v) is 16.5. The van der Waals surface area contributed by atoms with Gasteiger partial charge in [0.2, 0.25) is 23.6 Å². The molecule has 1 saturated carbocycles. The van der Waals surface area contributed by atoms with E-state index in [2.05, 4.69) is 5.32 Å². The molecule has 4 rings (SSSR count). The predicted octanol–water partition coefficient (Wildman–Crippen LogP) is -0.154. The number of nitrogens with one attached hydrogen (secondary N) is 1. The summed E-state index contributed by atoms with van der Waals surface area (Å²) in [5, 5.41) is 2.28. The summed E-state index contributed by atoms with van der Waals surface area (Å²) in [5.41, 5.74) is 12.1. The molecule has 2 aliphatic heterocycles. The van der Waals surface area contributed by atoms with E-state index in [4.69, 9.17) is 11.5 Å². The predicted molar refractivity (Wildman–Crippen MR) is 105 cm³/mol. The number of carbonyl (C=O) groups is 5. The van der Waals surface area contributed by atoms with Gasteiger partial charge in [0.05, 0.1) is 5.41 Å². The summed E-state index contributed by atoms with van der Waals surface area (Å²) >= 11 is 0. The summed E-state index contributed by atoms with van der Waals surface area (Å²) in [6.45, 7) is 0.172. The lowest BCUT2D eigenvalue weighted by Crippen LogP contribution is -2.52. The van der Waals surface area contributed by atoms with Gasteiger partial charge in [-0.2, -0.15) is 0 Å². The molecule has 5 N–H and O–H groups in total. The van der Waals surface area contributed by atoms with Crippen molar-refractivity contribution in [1.29, 1.82) is 0 Å². The lowest BCUT2D eigenvalue weighted by molar-refractivity contribution is -0.137. The van der Waals surface area contributed by atoms with Crippen molar-refractivity contribution < 1.29 is 24.0 Å². The van der Waals surface area contributed by atoms with Crippen molar-refractivity contribution in [2.45, 2.75) is 56.5 Å². The van der Waals surface area contributed by atoms with Crippen LogP contribution in [-0.4, -0.2) is 40.5 Å². The Labute approximate surface area is 173 Å². The lowest BCUT2D eigenvalue weighted by Gasteiger charge is -2.38. The molecule has 0 bridgehead atoms. The molecule has 158 valence electrons. The molecule has 0 aromatic heterocycles. The highest BCUT2D eigenvalue weighted by Gasteiger charge is 2.47. The third-order valence-corrected chi connectivity index (χ3v) is 6.81. The molecule has 1 saturated heterocycles. The molecule has 2 fully saturated rings. The number of hydrogen-bond donors (Lipinski definition) is 3. The monoisotopic (exact) mass is 412 g/mol. The molecule has 1 aliphatic carbocycles. The fraction of sp³-hybridized carbons (Fsp3) is 0.476. The standard InChI is InChI=1S/C21H24N4O5/c22-17(27)11-6-8-21(9-7-11,20(23)30)14-3-1-2-12-13(14)10-25(19(12)29)15-4-5-16(26)24-18(15)28/h1-3,11,15H,4-10H2,(H2,22,27)(H2,23,30)(H,24,26,28). The van der Waals surface area contributed by atoms with E-state index in [-0.39, 0.29) is 43.0 Å². The first-order chi connectivity index (χ1) is 14.2. The minimum atomic E-state index is -0.988. The number of rotatable bonds is 4. The van der Waals surface area contributed by atoms with Gasteiger partial charge in [0.15, 0.2) is 0 Å². The minimum Gasteiger partial charge on any atom is -0.369 e. The van der Waals surface area contributed by atoms with Gasteiger partial charge in [0.25, 0.3) is 5.91 Å². The van der Waals surface area contributed by atoms with Crippen molar-refractivity contribution in [2.24, 2.45) is 17.4 Å². The largest absolute Gasteiger partial charge is 0.369 e. The average molecular weight is 412 g/mol. The van der Waals surface area contributed by atoms with Crippen molar-refractivity contribution in [3.63, 3.8) is 0 Å². The van der Waals surface area contributed by atoms with Crippen LogP contribution in [0.3, 0.4) is 0 Å². The Morgan fingerprint density at radius 3 is 2.37 bits per heavy atom. The maximum absolute atomic E-state index is 13.1. The van der Waals surface area contributed by atoms with Crippen molar-refractivity contribution >= 4 is 29.5 Å². The summed E-state index contributed by atoms with van der Waals surface area (Å²) in [6.07, 6.45) is 2.08. The second-order valence-electron chi connectivity index (χ2n) is 8.35. The van der Waals surface area contributed by atoms with Crippen LogP contribution in [0.2, 0.25) is 0 Å². The third kappa shape index (κ3) is 3.05. The van der Waals surface area contributed by atoms with Crippen LogP contribution in [-0.2, 0) is 31.1 Å².